The van der Waals surface area contributed by atoms with Crippen molar-refractivity contribution < 1.29 is 4.79 Å². The molecule has 2 aliphatic rings. The summed E-state index contributed by atoms with van der Waals surface area (Å²) in [4.78, 5) is 15.0. The van der Waals surface area contributed by atoms with Crippen molar-refractivity contribution in [2.75, 3.05) is 25.0 Å². The molecule has 2 N–H and O–H groups in total. The number of hydrogen-bond acceptors (Lipinski definition) is 3. The zero-order valence-corrected chi connectivity index (χ0v) is 13.0. The molecule has 1 amide bonds. The van der Waals surface area contributed by atoms with E-state index < -0.39 is 0 Å². The minimum atomic E-state index is 0.0678. The van der Waals surface area contributed by atoms with Gasteiger partial charge in [0, 0.05) is 43.0 Å². The molecule has 0 bridgehead atoms. The molecule has 3 rings (SSSR count). The summed E-state index contributed by atoms with van der Waals surface area (Å²) in [6, 6.07) is 7.06. The lowest BCUT2D eigenvalue weighted by Gasteiger charge is -2.16. The quantitative estimate of drug-likeness (QED) is 0.874. The highest BCUT2D eigenvalue weighted by Gasteiger charge is 2.34. The van der Waals surface area contributed by atoms with E-state index in [1.165, 1.54) is 12.8 Å². The van der Waals surface area contributed by atoms with E-state index in [4.69, 9.17) is 0 Å². The first kappa shape index (κ1) is 14.4. The maximum atomic E-state index is 12.4. The number of nitrogens with one attached hydrogen (secondary N) is 2. The highest BCUT2D eigenvalue weighted by atomic mass is 16.1. The van der Waals surface area contributed by atoms with Gasteiger partial charge in [-0.15, -0.1) is 0 Å². The molecule has 1 unspecified atom stereocenters. The average Bonchev–Trinajstić information content (AvgIpc) is 3.20. The van der Waals surface area contributed by atoms with Crippen LogP contribution in [0.1, 0.15) is 42.1 Å². The summed E-state index contributed by atoms with van der Waals surface area (Å²) in [5.74, 6) is 0.0678. The third-order valence-corrected chi connectivity index (χ3v) is 4.47. The Morgan fingerprint density at radius 3 is 2.81 bits per heavy atom. The second kappa shape index (κ2) is 6.06. The molecular weight excluding hydrogens is 262 g/mol. The Labute approximate surface area is 126 Å². The van der Waals surface area contributed by atoms with Crippen LogP contribution in [0.5, 0.6) is 0 Å². The molecule has 1 aromatic rings. The van der Waals surface area contributed by atoms with Gasteiger partial charge in [0.1, 0.15) is 0 Å². The fourth-order valence-electron chi connectivity index (χ4n) is 3.17. The monoisotopic (exact) mass is 287 g/mol. The third kappa shape index (κ3) is 3.38. The summed E-state index contributed by atoms with van der Waals surface area (Å²) in [5, 5.41) is 6.47. The molecule has 21 heavy (non-hydrogen) atoms. The molecule has 114 valence electrons. The Morgan fingerprint density at radius 1 is 1.33 bits per heavy atom. The van der Waals surface area contributed by atoms with Crippen LogP contribution >= 0.6 is 0 Å². The van der Waals surface area contributed by atoms with Crippen molar-refractivity contribution in [2.45, 2.75) is 45.2 Å². The summed E-state index contributed by atoms with van der Waals surface area (Å²) >= 11 is 0. The zero-order chi connectivity index (χ0) is 14.8. The minimum Gasteiger partial charge on any atom is -0.385 e. The molecule has 1 heterocycles. The first-order valence-electron chi connectivity index (χ1n) is 8.07. The van der Waals surface area contributed by atoms with Gasteiger partial charge in [0.25, 0.3) is 5.91 Å². The maximum Gasteiger partial charge on any atom is 0.251 e. The molecule has 4 heteroatoms. The number of anilines is 1. The van der Waals surface area contributed by atoms with Gasteiger partial charge in [-0.25, -0.2) is 0 Å². The van der Waals surface area contributed by atoms with Crippen molar-refractivity contribution in [3.8, 4) is 0 Å². The second-order valence-electron chi connectivity index (χ2n) is 6.25. The molecule has 0 aromatic heterocycles. The Bertz CT molecular complexity index is 525. The van der Waals surface area contributed by atoms with Crippen molar-refractivity contribution in [1.82, 2.24) is 10.2 Å². The van der Waals surface area contributed by atoms with Crippen LogP contribution in [0.25, 0.3) is 0 Å². The van der Waals surface area contributed by atoms with Crippen LogP contribution in [0.4, 0.5) is 5.69 Å². The number of amides is 1. The van der Waals surface area contributed by atoms with E-state index in [-0.39, 0.29) is 5.91 Å². The molecule has 0 radical (unpaired) electrons. The molecule has 1 saturated heterocycles. The smallest absolute Gasteiger partial charge is 0.251 e. The molecule has 1 aromatic carbocycles. The Balaban J connectivity index is 1.60. The number of nitrogens with zero attached hydrogens (tertiary/aromatic N) is 1. The van der Waals surface area contributed by atoms with Gasteiger partial charge >= 0.3 is 0 Å². The molecule has 0 spiro atoms. The van der Waals surface area contributed by atoms with Crippen molar-refractivity contribution in [2.24, 2.45) is 0 Å². The average molecular weight is 287 g/mol. The van der Waals surface area contributed by atoms with Gasteiger partial charge in [-0.2, -0.15) is 0 Å². The Hall–Kier alpha value is -1.55. The highest BCUT2D eigenvalue weighted by molar-refractivity contribution is 5.96. The van der Waals surface area contributed by atoms with Gasteiger partial charge in [0.05, 0.1) is 0 Å². The number of benzene rings is 1. The molecule has 1 atom stereocenters. The fraction of sp³-hybridized carbons (Fsp3) is 0.588. The summed E-state index contributed by atoms with van der Waals surface area (Å²) in [6.45, 7) is 7.12. The fourth-order valence-corrected chi connectivity index (χ4v) is 3.17. The lowest BCUT2D eigenvalue weighted by molar-refractivity contribution is 0.0937. The Kier molecular flexibility index (Phi) is 4.15. The predicted molar refractivity (Wildman–Crippen MR) is 85.8 cm³/mol. The predicted octanol–water partition coefficient (Wildman–Crippen LogP) is 2.39. The molecule has 1 aliphatic carbocycles. The van der Waals surface area contributed by atoms with E-state index in [1.54, 1.807) is 0 Å². The normalized spacial score (nSPS) is 22.3. The molecular formula is C17H25N3O. The largest absolute Gasteiger partial charge is 0.385 e. The van der Waals surface area contributed by atoms with Crippen molar-refractivity contribution >= 4 is 11.6 Å². The SMILES string of the molecule is CCNc1ccc(C(=O)NC2CCN(C3CC3)C2)c(C)c1. The van der Waals surface area contributed by atoms with Crippen molar-refractivity contribution in [3.05, 3.63) is 29.3 Å². The number of likely N-dealkylation sites (tertiary alicyclic amines) is 1. The topological polar surface area (TPSA) is 44.4 Å². The summed E-state index contributed by atoms with van der Waals surface area (Å²) < 4.78 is 0. The lowest BCUT2D eigenvalue weighted by Crippen LogP contribution is -2.37. The van der Waals surface area contributed by atoms with E-state index in [0.29, 0.717) is 6.04 Å². The van der Waals surface area contributed by atoms with Gasteiger partial charge in [0.2, 0.25) is 0 Å². The van der Waals surface area contributed by atoms with E-state index in [2.05, 4.69) is 22.5 Å². The number of hydrogen-bond donors (Lipinski definition) is 2. The molecule has 1 aliphatic heterocycles. The molecule has 4 nitrogen and oxygen atoms in total. The Morgan fingerprint density at radius 2 is 2.14 bits per heavy atom. The van der Waals surface area contributed by atoms with Crippen LogP contribution in [0, 0.1) is 6.92 Å². The van der Waals surface area contributed by atoms with Gasteiger partial charge in [-0.05, 0) is 56.9 Å². The van der Waals surface area contributed by atoms with E-state index >= 15 is 0 Å². The van der Waals surface area contributed by atoms with Crippen LogP contribution in [0.2, 0.25) is 0 Å². The summed E-state index contributed by atoms with van der Waals surface area (Å²) in [6.07, 6.45) is 3.76. The van der Waals surface area contributed by atoms with Gasteiger partial charge < -0.3 is 10.6 Å². The first-order chi connectivity index (χ1) is 10.2. The van der Waals surface area contributed by atoms with Gasteiger partial charge in [0.15, 0.2) is 0 Å². The number of rotatable bonds is 5. The van der Waals surface area contributed by atoms with Crippen molar-refractivity contribution in [3.63, 3.8) is 0 Å². The van der Waals surface area contributed by atoms with E-state index in [0.717, 1.165) is 48.9 Å². The van der Waals surface area contributed by atoms with Crippen molar-refractivity contribution in [1.29, 1.82) is 0 Å². The van der Waals surface area contributed by atoms with E-state index in [9.17, 15) is 4.79 Å². The number of carbonyl (C=O) groups is 1. The van der Waals surface area contributed by atoms with Crippen LogP contribution in [-0.2, 0) is 0 Å². The van der Waals surface area contributed by atoms with E-state index in [1.807, 2.05) is 25.1 Å². The number of aryl methyl sites for hydroxylation is 1. The first-order valence-corrected chi connectivity index (χ1v) is 8.07. The lowest BCUT2D eigenvalue weighted by atomic mass is 10.1. The van der Waals surface area contributed by atoms with Gasteiger partial charge in [-0.3, -0.25) is 9.69 Å². The molecule has 1 saturated carbocycles. The standard InChI is InChI=1S/C17H25N3O/c1-3-18-13-4-7-16(12(2)10-13)17(21)19-14-8-9-20(11-14)15-5-6-15/h4,7,10,14-15,18H,3,5-6,8-9,11H2,1-2H3,(H,19,21). The molecule has 2 fully saturated rings. The summed E-state index contributed by atoms with van der Waals surface area (Å²) in [5.41, 5.74) is 2.90. The highest BCUT2D eigenvalue weighted by Crippen LogP contribution is 2.29. The van der Waals surface area contributed by atoms with Crippen LogP contribution in [0.15, 0.2) is 18.2 Å². The minimum absolute atomic E-state index is 0.0678. The summed E-state index contributed by atoms with van der Waals surface area (Å²) in [7, 11) is 0. The van der Waals surface area contributed by atoms with Gasteiger partial charge in [-0.1, -0.05) is 0 Å². The van der Waals surface area contributed by atoms with Crippen LogP contribution in [-0.4, -0.2) is 42.5 Å². The zero-order valence-electron chi connectivity index (χ0n) is 13.0. The maximum absolute atomic E-state index is 12.4. The van der Waals surface area contributed by atoms with Crippen LogP contribution in [0.3, 0.4) is 0 Å². The van der Waals surface area contributed by atoms with Crippen LogP contribution < -0.4 is 10.6 Å². The third-order valence-electron chi connectivity index (χ3n) is 4.47. The second-order valence-corrected chi connectivity index (χ2v) is 6.25. The number of carbonyl (C=O) groups excluding carboxylic acids is 1.